The first-order valence-electron chi connectivity index (χ1n) is 5.88. The maximum atomic E-state index is 5.64. The van der Waals surface area contributed by atoms with Crippen molar-refractivity contribution in [3.63, 3.8) is 0 Å². The van der Waals surface area contributed by atoms with E-state index in [4.69, 9.17) is 5.73 Å². The Labute approximate surface area is 105 Å². The van der Waals surface area contributed by atoms with Crippen LogP contribution in [0.15, 0.2) is 36.5 Å². The second-order valence-electron chi connectivity index (χ2n) is 4.33. The quantitative estimate of drug-likeness (QED) is 0.720. The fourth-order valence-electron chi connectivity index (χ4n) is 2.01. The van der Waals surface area contributed by atoms with Gasteiger partial charge in [-0.3, -0.25) is 4.98 Å². The van der Waals surface area contributed by atoms with Gasteiger partial charge < -0.3 is 10.7 Å². The number of benzene rings is 1. The Hall–Kier alpha value is -2.20. The van der Waals surface area contributed by atoms with Gasteiger partial charge >= 0.3 is 0 Å². The van der Waals surface area contributed by atoms with Crippen LogP contribution >= 0.6 is 0 Å². The average Bonchev–Trinajstić information content (AvgIpc) is 2.81. The van der Waals surface area contributed by atoms with E-state index >= 15 is 0 Å². The van der Waals surface area contributed by atoms with E-state index < -0.39 is 0 Å². The molecule has 3 N–H and O–H groups in total. The molecule has 0 radical (unpaired) electrons. The van der Waals surface area contributed by atoms with E-state index in [0.29, 0.717) is 6.54 Å². The Bertz CT molecular complexity index is 700. The minimum atomic E-state index is 0.540. The van der Waals surface area contributed by atoms with Crippen molar-refractivity contribution in [2.75, 3.05) is 0 Å². The van der Waals surface area contributed by atoms with Crippen molar-refractivity contribution >= 4 is 11.0 Å². The molecule has 0 saturated carbocycles. The third-order valence-electron chi connectivity index (χ3n) is 2.95. The zero-order valence-electron chi connectivity index (χ0n) is 10.1. The zero-order valence-corrected chi connectivity index (χ0v) is 10.1. The van der Waals surface area contributed by atoms with Gasteiger partial charge in [0, 0.05) is 24.0 Å². The maximum absolute atomic E-state index is 5.64. The fraction of sp³-hybridized carbons (Fsp3) is 0.143. The van der Waals surface area contributed by atoms with E-state index in [0.717, 1.165) is 33.7 Å². The van der Waals surface area contributed by atoms with Gasteiger partial charge in [0.1, 0.15) is 5.82 Å². The van der Waals surface area contributed by atoms with Crippen molar-refractivity contribution in [1.29, 1.82) is 0 Å². The van der Waals surface area contributed by atoms with Crippen LogP contribution < -0.4 is 5.73 Å². The minimum Gasteiger partial charge on any atom is -0.338 e. The highest BCUT2D eigenvalue weighted by molar-refractivity contribution is 5.80. The van der Waals surface area contributed by atoms with Crippen LogP contribution in [0.25, 0.3) is 22.4 Å². The Kier molecular flexibility index (Phi) is 2.57. The van der Waals surface area contributed by atoms with Crippen molar-refractivity contribution in [1.82, 2.24) is 15.0 Å². The number of aryl methyl sites for hydroxylation is 1. The minimum absolute atomic E-state index is 0.540. The molecule has 2 heterocycles. The Morgan fingerprint density at radius 2 is 2.11 bits per heavy atom. The third-order valence-corrected chi connectivity index (χ3v) is 2.95. The number of hydrogen-bond acceptors (Lipinski definition) is 3. The standard InChI is InChI=1S/C14H14N4/c1-9-6-11(4-5-16-9)14-17-12-3-2-10(8-15)7-13(12)18-14/h2-7H,8,15H2,1H3,(H,17,18). The summed E-state index contributed by atoms with van der Waals surface area (Å²) >= 11 is 0. The maximum Gasteiger partial charge on any atom is 0.138 e. The van der Waals surface area contributed by atoms with E-state index in [1.54, 1.807) is 6.20 Å². The number of hydrogen-bond donors (Lipinski definition) is 2. The first-order chi connectivity index (χ1) is 8.76. The summed E-state index contributed by atoms with van der Waals surface area (Å²) in [4.78, 5) is 12.1. The van der Waals surface area contributed by atoms with Gasteiger partial charge in [0.2, 0.25) is 0 Å². The summed E-state index contributed by atoms with van der Waals surface area (Å²) in [5.41, 5.74) is 10.7. The highest BCUT2D eigenvalue weighted by atomic mass is 14.9. The predicted octanol–water partition coefficient (Wildman–Crippen LogP) is 2.39. The van der Waals surface area contributed by atoms with Crippen LogP contribution in [-0.4, -0.2) is 15.0 Å². The number of nitrogens with zero attached hydrogens (tertiary/aromatic N) is 2. The molecule has 0 aliphatic rings. The molecule has 0 amide bonds. The molecule has 3 rings (SSSR count). The number of imidazole rings is 1. The molecule has 0 spiro atoms. The summed E-state index contributed by atoms with van der Waals surface area (Å²) in [6.07, 6.45) is 1.79. The molecule has 1 aromatic carbocycles. The summed E-state index contributed by atoms with van der Waals surface area (Å²) in [5, 5.41) is 0. The topological polar surface area (TPSA) is 67.6 Å². The normalized spacial score (nSPS) is 11.0. The van der Waals surface area contributed by atoms with Crippen molar-refractivity contribution in [2.45, 2.75) is 13.5 Å². The third kappa shape index (κ3) is 1.87. The lowest BCUT2D eigenvalue weighted by Gasteiger charge is -1.96. The van der Waals surface area contributed by atoms with Gasteiger partial charge in [0.15, 0.2) is 0 Å². The number of fused-ring (bicyclic) bond motifs is 1. The number of aromatic amines is 1. The molecule has 0 fully saturated rings. The highest BCUT2D eigenvalue weighted by Crippen LogP contribution is 2.21. The van der Waals surface area contributed by atoms with Gasteiger partial charge in [-0.15, -0.1) is 0 Å². The van der Waals surface area contributed by atoms with Gasteiger partial charge in [-0.1, -0.05) is 6.07 Å². The molecule has 18 heavy (non-hydrogen) atoms. The van der Waals surface area contributed by atoms with Crippen LogP contribution in [0.1, 0.15) is 11.3 Å². The summed E-state index contributed by atoms with van der Waals surface area (Å²) in [6, 6.07) is 10.0. The van der Waals surface area contributed by atoms with Gasteiger partial charge in [0.25, 0.3) is 0 Å². The van der Waals surface area contributed by atoms with Crippen molar-refractivity contribution in [3.05, 3.63) is 47.8 Å². The molecule has 0 unspecified atom stereocenters. The first-order valence-corrected chi connectivity index (χ1v) is 5.88. The average molecular weight is 238 g/mol. The van der Waals surface area contributed by atoms with Crippen LogP contribution in [0.5, 0.6) is 0 Å². The number of H-pyrrole nitrogens is 1. The molecular formula is C14H14N4. The molecule has 4 nitrogen and oxygen atoms in total. The van der Waals surface area contributed by atoms with Crippen molar-refractivity contribution in [3.8, 4) is 11.4 Å². The molecule has 0 saturated heterocycles. The molecule has 4 heteroatoms. The molecule has 2 aromatic heterocycles. The molecule has 90 valence electrons. The number of nitrogens with one attached hydrogen (secondary N) is 1. The van der Waals surface area contributed by atoms with E-state index in [2.05, 4.69) is 15.0 Å². The van der Waals surface area contributed by atoms with Crippen LogP contribution in [0.4, 0.5) is 0 Å². The SMILES string of the molecule is Cc1cc(-c2nc3ccc(CN)cc3[nH]2)ccn1. The molecule has 0 aliphatic heterocycles. The van der Waals surface area contributed by atoms with Gasteiger partial charge in [-0.2, -0.15) is 0 Å². The first kappa shape index (κ1) is 10.9. The van der Waals surface area contributed by atoms with Gasteiger partial charge in [0.05, 0.1) is 11.0 Å². The summed E-state index contributed by atoms with van der Waals surface area (Å²) in [6.45, 7) is 2.51. The lowest BCUT2D eigenvalue weighted by atomic mass is 10.2. The summed E-state index contributed by atoms with van der Waals surface area (Å²) < 4.78 is 0. The molecule has 0 atom stereocenters. The van der Waals surface area contributed by atoms with E-state index in [1.807, 2.05) is 37.3 Å². The van der Waals surface area contributed by atoms with E-state index in [-0.39, 0.29) is 0 Å². The van der Waals surface area contributed by atoms with Crippen molar-refractivity contribution < 1.29 is 0 Å². The van der Waals surface area contributed by atoms with Crippen LogP contribution in [-0.2, 0) is 6.54 Å². The van der Waals surface area contributed by atoms with Crippen molar-refractivity contribution in [2.24, 2.45) is 5.73 Å². The molecular weight excluding hydrogens is 224 g/mol. The summed E-state index contributed by atoms with van der Waals surface area (Å²) in [7, 11) is 0. The largest absolute Gasteiger partial charge is 0.338 e. The Morgan fingerprint density at radius 1 is 1.22 bits per heavy atom. The van der Waals surface area contributed by atoms with Gasteiger partial charge in [-0.25, -0.2) is 4.98 Å². The fourth-order valence-corrected chi connectivity index (χ4v) is 2.01. The second-order valence-corrected chi connectivity index (χ2v) is 4.33. The van der Waals surface area contributed by atoms with E-state index in [9.17, 15) is 0 Å². The molecule has 0 bridgehead atoms. The van der Waals surface area contributed by atoms with Crippen LogP contribution in [0, 0.1) is 6.92 Å². The van der Waals surface area contributed by atoms with Crippen LogP contribution in [0.3, 0.4) is 0 Å². The predicted molar refractivity (Wildman–Crippen MR) is 72.0 cm³/mol. The number of nitrogens with two attached hydrogens (primary N) is 1. The van der Waals surface area contributed by atoms with Gasteiger partial charge in [-0.05, 0) is 36.8 Å². The number of pyridine rings is 1. The van der Waals surface area contributed by atoms with Crippen LogP contribution in [0.2, 0.25) is 0 Å². The Balaban J connectivity index is 2.13. The monoisotopic (exact) mass is 238 g/mol. The van der Waals surface area contributed by atoms with E-state index in [1.165, 1.54) is 0 Å². The highest BCUT2D eigenvalue weighted by Gasteiger charge is 2.05. The smallest absolute Gasteiger partial charge is 0.138 e. The molecule has 3 aromatic rings. The number of rotatable bonds is 2. The lowest BCUT2D eigenvalue weighted by Crippen LogP contribution is -1.95. The number of aromatic nitrogens is 3. The zero-order chi connectivity index (χ0) is 12.5. The summed E-state index contributed by atoms with van der Waals surface area (Å²) in [5.74, 6) is 0.865. The molecule has 0 aliphatic carbocycles. The lowest BCUT2D eigenvalue weighted by molar-refractivity contribution is 1.07. The Morgan fingerprint density at radius 3 is 2.89 bits per heavy atom. The second kappa shape index (κ2) is 4.23.